The molecule has 5 heteroatoms. The fourth-order valence-electron chi connectivity index (χ4n) is 2.58. The molecule has 0 saturated heterocycles. The molecular weight excluding hydrogens is 364 g/mol. The lowest BCUT2D eigenvalue weighted by molar-refractivity contribution is 0.0953. The minimum atomic E-state index is -0.0535. The molecule has 2 aromatic carbocycles. The Bertz CT molecular complexity index is 910. The first-order chi connectivity index (χ1) is 12.5. The Morgan fingerprint density at radius 2 is 1.88 bits per heavy atom. The quantitative estimate of drug-likeness (QED) is 0.582. The number of nitrogens with one attached hydrogen (secondary N) is 1. The van der Waals surface area contributed by atoms with E-state index in [0.717, 1.165) is 27.2 Å². The lowest BCUT2D eigenvalue weighted by atomic mass is 10.1. The van der Waals surface area contributed by atoms with Gasteiger partial charge in [0, 0.05) is 21.8 Å². The van der Waals surface area contributed by atoms with Crippen LogP contribution in [0.3, 0.4) is 0 Å². The fraction of sp³-hybridized carbons (Fsp3) is 0.238. The van der Waals surface area contributed by atoms with Crippen molar-refractivity contribution < 1.29 is 4.79 Å². The number of carbonyl (C=O) groups excluding carboxylic acids is 1. The number of pyridine rings is 1. The molecule has 26 heavy (non-hydrogen) atoms. The van der Waals surface area contributed by atoms with Gasteiger partial charge >= 0.3 is 0 Å². The van der Waals surface area contributed by atoms with Crippen molar-refractivity contribution in [1.82, 2.24) is 10.3 Å². The summed E-state index contributed by atoms with van der Waals surface area (Å²) in [5.74, 6) is 0.503. The van der Waals surface area contributed by atoms with Crippen molar-refractivity contribution in [3.05, 3.63) is 65.2 Å². The van der Waals surface area contributed by atoms with Crippen LogP contribution in [-0.2, 0) is 0 Å². The number of fused-ring (bicyclic) bond motifs is 1. The summed E-state index contributed by atoms with van der Waals surface area (Å²) in [6, 6.07) is 17.2. The summed E-state index contributed by atoms with van der Waals surface area (Å²) in [6.07, 6.45) is 0.959. The van der Waals surface area contributed by atoms with Gasteiger partial charge in [-0.05, 0) is 48.7 Å². The van der Waals surface area contributed by atoms with Crippen molar-refractivity contribution in [3.8, 4) is 0 Å². The Morgan fingerprint density at radius 1 is 1.15 bits per heavy atom. The van der Waals surface area contributed by atoms with Crippen LogP contribution in [0.25, 0.3) is 10.9 Å². The van der Waals surface area contributed by atoms with E-state index < -0.39 is 0 Å². The molecule has 3 aromatic rings. The first-order valence-electron chi connectivity index (χ1n) is 8.64. The summed E-state index contributed by atoms with van der Waals surface area (Å²) >= 11 is 7.47. The number of para-hydroxylation sites is 1. The molecule has 0 spiro atoms. The van der Waals surface area contributed by atoms with Crippen LogP contribution < -0.4 is 5.32 Å². The zero-order valence-electron chi connectivity index (χ0n) is 14.8. The normalized spacial score (nSPS) is 11.1. The summed E-state index contributed by atoms with van der Waals surface area (Å²) in [5, 5.41) is 5.39. The number of carbonyl (C=O) groups is 1. The third-order valence-electron chi connectivity index (χ3n) is 3.98. The van der Waals surface area contributed by atoms with Gasteiger partial charge < -0.3 is 5.32 Å². The second-order valence-corrected chi connectivity index (χ2v) is 8.05. The maximum Gasteiger partial charge on any atom is 0.252 e. The zero-order valence-corrected chi connectivity index (χ0v) is 16.4. The minimum Gasteiger partial charge on any atom is -0.352 e. The van der Waals surface area contributed by atoms with Gasteiger partial charge in [0.05, 0.1) is 11.1 Å². The molecule has 1 amide bonds. The number of hydrogen-bond donors (Lipinski definition) is 1. The van der Waals surface area contributed by atoms with E-state index in [-0.39, 0.29) is 5.91 Å². The largest absolute Gasteiger partial charge is 0.352 e. The molecule has 0 aliphatic heterocycles. The Labute approximate surface area is 163 Å². The Morgan fingerprint density at radius 3 is 2.62 bits per heavy atom. The van der Waals surface area contributed by atoms with E-state index >= 15 is 0 Å². The molecule has 0 aliphatic carbocycles. The van der Waals surface area contributed by atoms with Gasteiger partial charge in [0.2, 0.25) is 0 Å². The number of nitrogens with zero attached hydrogens (tertiary/aromatic N) is 1. The molecule has 3 nitrogen and oxygen atoms in total. The van der Waals surface area contributed by atoms with Crippen LogP contribution >= 0.6 is 23.4 Å². The van der Waals surface area contributed by atoms with E-state index in [9.17, 15) is 4.79 Å². The Balaban J connectivity index is 1.90. The van der Waals surface area contributed by atoms with Crippen molar-refractivity contribution in [2.24, 2.45) is 5.92 Å². The van der Waals surface area contributed by atoms with Gasteiger partial charge in [-0.15, -0.1) is 0 Å². The van der Waals surface area contributed by atoms with Crippen LogP contribution in [0.2, 0.25) is 5.02 Å². The number of amides is 1. The number of benzene rings is 2. The molecule has 3 rings (SSSR count). The third-order valence-corrected chi connectivity index (χ3v) is 5.16. The monoisotopic (exact) mass is 384 g/mol. The fourth-order valence-corrected chi connectivity index (χ4v) is 3.54. The predicted octanol–water partition coefficient (Wildman–Crippen LogP) is 5.82. The van der Waals surface area contributed by atoms with Crippen molar-refractivity contribution in [2.45, 2.75) is 30.2 Å². The highest BCUT2D eigenvalue weighted by atomic mass is 35.5. The molecule has 0 bridgehead atoms. The summed E-state index contributed by atoms with van der Waals surface area (Å²) in [6.45, 7) is 4.97. The molecule has 1 aromatic heterocycles. The molecule has 0 unspecified atom stereocenters. The van der Waals surface area contributed by atoms with E-state index in [1.54, 1.807) is 0 Å². The smallest absolute Gasteiger partial charge is 0.252 e. The van der Waals surface area contributed by atoms with Crippen molar-refractivity contribution in [3.63, 3.8) is 0 Å². The number of halogens is 1. The topological polar surface area (TPSA) is 42.0 Å². The third kappa shape index (κ3) is 4.77. The van der Waals surface area contributed by atoms with E-state index in [2.05, 4.69) is 19.2 Å². The van der Waals surface area contributed by atoms with Crippen LogP contribution in [0.5, 0.6) is 0 Å². The number of hydrogen-bond acceptors (Lipinski definition) is 3. The van der Waals surface area contributed by atoms with Crippen LogP contribution in [-0.4, -0.2) is 17.4 Å². The zero-order chi connectivity index (χ0) is 18.5. The maximum atomic E-state index is 12.7. The first kappa shape index (κ1) is 18.7. The van der Waals surface area contributed by atoms with Gasteiger partial charge in [-0.2, -0.15) is 0 Å². The molecule has 1 N–H and O–H groups in total. The van der Waals surface area contributed by atoms with Crippen LogP contribution in [0.15, 0.2) is 64.5 Å². The highest BCUT2D eigenvalue weighted by Gasteiger charge is 2.13. The van der Waals surface area contributed by atoms with E-state index in [1.165, 1.54) is 11.8 Å². The molecule has 0 fully saturated rings. The van der Waals surface area contributed by atoms with Gasteiger partial charge in [-0.3, -0.25) is 4.79 Å². The van der Waals surface area contributed by atoms with E-state index in [4.69, 9.17) is 16.6 Å². The molecule has 0 atom stereocenters. The molecule has 0 radical (unpaired) electrons. The lowest BCUT2D eigenvalue weighted by Gasteiger charge is -2.11. The average Bonchev–Trinajstić information content (AvgIpc) is 2.62. The van der Waals surface area contributed by atoms with Crippen molar-refractivity contribution >= 4 is 40.2 Å². The minimum absolute atomic E-state index is 0.0535. The molecule has 0 aliphatic rings. The van der Waals surface area contributed by atoms with Gasteiger partial charge in [0.25, 0.3) is 5.91 Å². The SMILES string of the molecule is CC(C)CCNC(=O)c1cc(Sc2ccc(Cl)cc2)nc2ccccc12. The van der Waals surface area contributed by atoms with Crippen LogP contribution in [0.4, 0.5) is 0 Å². The molecule has 134 valence electrons. The van der Waals surface area contributed by atoms with Crippen molar-refractivity contribution in [2.75, 3.05) is 6.54 Å². The van der Waals surface area contributed by atoms with E-state index in [1.807, 2.05) is 54.6 Å². The first-order valence-corrected chi connectivity index (χ1v) is 9.84. The highest BCUT2D eigenvalue weighted by molar-refractivity contribution is 7.99. The second-order valence-electron chi connectivity index (χ2n) is 6.52. The summed E-state index contributed by atoms with van der Waals surface area (Å²) in [7, 11) is 0. The van der Waals surface area contributed by atoms with Crippen LogP contribution in [0, 0.1) is 5.92 Å². The number of aromatic nitrogens is 1. The van der Waals surface area contributed by atoms with Gasteiger partial charge in [-0.25, -0.2) is 4.98 Å². The summed E-state index contributed by atoms with van der Waals surface area (Å²) in [5.41, 5.74) is 1.48. The number of rotatable bonds is 6. The summed E-state index contributed by atoms with van der Waals surface area (Å²) < 4.78 is 0. The highest BCUT2D eigenvalue weighted by Crippen LogP contribution is 2.30. The van der Waals surface area contributed by atoms with Gasteiger partial charge in [0.15, 0.2) is 0 Å². The average molecular weight is 385 g/mol. The Kier molecular flexibility index (Phi) is 6.17. The Hall–Kier alpha value is -2.04. The molecular formula is C21H21ClN2OS. The van der Waals surface area contributed by atoms with E-state index in [0.29, 0.717) is 23.0 Å². The summed E-state index contributed by atoms with van der Waals surface area (Å²) in [4.78, 5) is 18.4. The predicted molar refractivity (Wildman–Crippen MR) is 109 cm³/mol. The lowest BCUT2D eigenvalue weighted by Crippen LogP contribution is -2.25. The van der Waals surface area contributed by atoms with Gasteiger partial charge in [0.1, 0.15) is 5.03 Å². The maximum absolute atomic E-state index is 12.7. The molecule has 1 heterocycles. The second kappa shape index (κ2) is 8.56. The van der Waals surface area contributed by atoms with Crippen molar-refractivity contribution in [1.29, 1.82) is 0 Å². The molecule has 0 saturated carbocycles. The van der Waals surface area contributed by atoms with Gasteiger partial charge in [-0.1, -0.05) is 55.4 Å². The standard InChI is InChI=1S/C21H21ClN2OS/c1-14(2)11-12-23-21(25)18-13-20(24-19-6-4-3-5-17(18)19)26-16-9-7-15(22)8-10-16/h3-10,13-14H,11-12H2,1-2H3,(H,23,25). The van der Waals surface area contributed by atoms with Crippen LogP contribution in [0.1, 0.15) is 30.6 Å².